The van der Waals surface area contributed by atoms with Crippen LogP contribution in [0.2, 0.25) is 0 Å². The number of carbonyl (C=O) groups is 1. The lowest BCUT2D eigenvalue weighted by Gasteiger charge is -2.43. The third kappa shape index (κ3) is 3.97. The molecule has 1 aliphatic rings. The molecule has 0 radical (unpaired) electrons. The average molecular weight is 435 g/mol. The Morgan fingerprint density at radius 2 is 2.11 bits per heavy atom. The van der Waals surface area contributed by atoms with Crippen LogP contribution < -0.4 is 11.1 Å². The van der Waals surface area contributed by atoms with E-state index < -0.39 is 17.6 Å². The van der Waals surface area contributed by atoms with Crippen molar-refractivity contribution < 1.29 is 15.0 Å². The number of nitrogens with two attached hydrogens (primary N) is 1. The van der Waals surface area contributed by atoms with Crippen LogP contribution in [0.5, 0.6) is 0 Å². The number of nitrogens with zero attached hydrogens (tertiary/aromatic N) is 2. The van der Waals surface area contributed by atoms with Gasteiger partial charge in [-0.2, -0.15) is 0 Å². The van der Waals surface area contributed by atoms with E-state index in [1.807, 2.05) is 13.0 Å². The maximum Gasteiger partial charge on any atom is 0.276 e. The highest BCUT2D eigenvalue weighted by Gasteiger charge is 2.43. The van der Waals surface area contributed by atoms with Crippen LogP contribution >= 0.6 is 15.9 Å². The van der Waals surface area contributed by atoms with E-state index in [-0.39, 0.29) is 23.2 Å². The highest BCUT2D eigenvalue weighted by Crippen LogP contribution is 2.43. The second kappa shape index (κ2) is 7.53. The zero-order valence-electron chi connectivity index (χ0n) is 15.2. The molecule has 2 aromatic rings. The van der Waals surface area contributed by atoms with E-state index in [2.05, 4.69) is 31.2 Å². The maximum atomic E-state index is 12.7. The van der Waals surface area contributed by atoms with Gasteiger partial charge in [0.2, 0.25) is 0 Å². The van der Waals surface area contributed by atoms with E-state index in [0.717, 1.165) is 5.56 Å². The summed E-state index contributed by atoms with van der Waals surface area (Å²) < 4.78 is 0.514. The number of aliphatic hydroxyl groups is 2. The van der Waals surface area contributed by atoms with E-state index in [4.69, 9.17) is 5.73 Å². The van der Waals surface area contributed by atoms with Crippen LogP contribution in [0.15, 0.2) is 35.2 Å². The minimum atomic E-state index is -1.12. The number of carbonyl (C=O) groups excluding carboxylic acids is 1. The standard InChI is InChI=1S/C19H23BrN4O3/c1-10-7-11(8-15(25)19(10,2)27)12-5-6-22-9-14(12)23-18(26)17-13(21)3-4-16(20)24-17/h3-6,9-11,15,25,27H,7-8,21H2,1-2H3,(H,23,26)/t10-,11+,15+,19+/m0/s1. The molecule has 7 nitrogen and oxygen atoms in total. The Morgan fingerprint density at radius 3 is 2.81 bits per heavy atom. The number of amides is 1. The smallest absolute Gasteiger partial charge is 0.276 e. The first-order valence-corrected chi connectivity index (χ1v) is 9.57. The van der Waals surface area contributed by atoms with Crippen LogP contribution in [0.25, 0.3) is 0 Å². The van der Waals surface area contributed by atoms with Crippen molar-refractivity contribution in [3.8, 4) is 0 Å². The molecular weight excluding hydrogens is 412 g/mol. The summed E-state index contributed by atoms with van der Waals surface area (Å²) in [6.45, 7) is 3.58. The first kappa shape index (κ1) is 19.7. The zero-order chi connectivity index (χ0) is 19.8. The number of nitrogen functional groups attached to an aromatic ring is 1. The molecule has 0 spiro atoms. The summed E-state index contributed by atoms with van der Waals surface area (Å²) in [4.78, 5) is 20.9. The summed E-state index contributed by atoms with van der Waals surface area (Å²) in [7, 11) is 0. The van der Waals surface area contributed by atoms with Gasteiger partial charge in [0, 0.05) is 6.20 Å². The maximum absolute atomic E-state index is 12.7. The largest absolute Gasteiger partial charge is 0.397 e. The summed E-state index contributed by atoms with van der Waals surface area (Å²) in [5.41, 5.74) is 6.57. The molecule has 3 rings (SSSR count). The summed E-state index contributed by atoms with van der Waals surface area (Å²) in [6, 6.07) is 5.10. The number of hydrogen-bond donors (Lipinski definition) is 4. The van der Waals surface area contributed by atoms with Gasteiger partial charge in [-0.3, -0.25) is 9.78 Å². The summed E-state index contributed by atoms with van der Waals surface area (Å²) in [5, 5.41) is 23.6. The van der Waals surface area contributed by atoms with Crippen LogP contribution in [-0.2, 0) is 0 Å². The van der Waals surface area contributed by atoms with Crippen LogP contribution in [0.4, 0.5) is 11.4 Å². The van der Waals surface area contributed by atoms with Crippen LogP contribution in [0.3, 0.4) is 0 Å². The first-order chi connectivity index (χ1) is 12.7. The van der Waals surface area contributed by atoms with Crippen molar-refractivity contribution in [3.63, 3.8) is 0 Å². The monoisotopic (exact) mass is 434 g/mol. The normalized spacial score (nSPS) is 28.0. The van der Waals surface area contributed by atoms with E-state index >= 15 is 0 Å². The van der Waals surface area contributed by atoms with Crippen molar-refractivity contribution in [1.29, 1.82) is 0 Å². The first-order valence-electron chi connectivity index (χ1n) is 8.77. The zero-order valence-corrected chi connectivity index (χ0v) is 16.8. The summed E-state index contributed by atoms with van der Waals surface area (Å²) in [5.74, 6) is -0.536. The fourth-order valence-electron chi connectivity index (χ4n) is 3.53. The van der Waals surface area contributed by atoms with E-state index in [1.165, 1.54) is 0 Å². The SMILES string of the molecule is C[C@H]1C[C@@H](c2ccncc2NC(=O)c2nc(Br)ccc2N)C[C@@H](O)[C@]1(C)O. The van der Waals surface area contributed by atoms with Crippen LogP contribution in [-0.4, -0.2) is 37.8 Å². The molecule has 1 fully saturated rings. The minimum absolute atomic E-state index is 0.0126. The number of hydrogen-bond acceptors (Lipinski definition) is 6. The molecule has 2 heterocycles. The Balaban J connectivity index is 1.87. The van der Waals surface area contributed by atoms with Crippen LogP contribution in [0.1, 0.15) is 48.7 Å². The minimum Gasteiger partial charge on any atom is -0.397 e. The van der Waals surface area contributed by atoms with E-state index in [1.54, 1.807) is 31.5 Å². The quantitative estimate of drug-likeness (QED) is 0.550. The molecule has 0 unspecified atom stereocenters. The van der Waals surface area contributed by atoms with Gasteiger partial charge in [-0.25, -0.2) is 4.98 Å². The van der Waals surface area contributed by atoms with Gasteiger partial charge in [0.05, 0.1) is 29.3 Å². The van der Waals surface area contributed by atoms with Gasteiger partial charge in [0.25, 0.3) is 5.91 Å². The van der Waals surface area contributed by atoms with E-state index in [0.29, 0.717) is 23.1 Å². The van der Waals surface area contributed by atoms with E-state index in [9.17, 15) is 15.0 Å². The number of aliphatic hydroxyl groups excluding tert-OH is 1. The van der Waals surface area contributed by atoms with Crippen molar-refractivity contribution in [3.05, 3.63) is 46.5 Å². The third-order valence-corrected chi connectivity index (χ3v) is 5.91. The van der Waals surface area contributed by atoms with Gasteiger partial charge in [-0.05, 0) is 71.3 Å². The van der Waals surface area contributed by atoms with Gasteiger partial charge in [0.1, 0.15) is 4.60 Å². The molecule has 0 aliphatic heterocycles. The highest BCUT2D eigenvalue weighted by atomic mass is 79.9. The lowest BCUT2D eigenvalue weighted by atomic mass is 9.69. The Morgan fingerprint density at radius 1 is 1.37 bits per heavy atom. The van der Waals surface area contributed by atoms with Gasteiger partial charge in [-0.15, -0.1) is 0 Å². The Hall–Kier alpha value is -2.03. The topological polar surface area (TPSA) is 121 Å². The molecule has 27 heavy (non-hydrogen) atoms. The molecule has 8 heteroatoms. The second-order valence-electron chi connectivity index (χ2n) is 7.30. The Kier molecular flexibility index (Phi) is 5.50. The number of anilines is 2. The van der Waals surface area contributed by atoms with Crippen molar-refractivity contribution in [2.45, 2.75) is 44.3 Å². The highest BCUT2D eigenvalue weighted by molar-refractivity contribution is 9.10. The molecule has 0 bridgehead atoms. The average Bonchev–Trinajstić information content (AvgIpc) is 2.62. The van der Waals surface area contributed by atoms with Crippen molar-refractivity contribution in [2.75, 3.05) is 11.1 Å². The van der Waals surface area contributed by atoms with Gasteiger partial charge >= 0.3 is 0 Å². The predicted octanol–water partition coefficient (Wildman–Crippen LogP) is 2.70. The predicted molar refractivity (Wildman–Crippen MR) is 106 cm³/mol. The molecule has 4 atom stereocenters. The number of rotatable bonds is 3. The second-order valence-corrected chi connectivity index (χ2v) is 8.11. The van der Waals surface area contributed by atoms with Gasteiger partial charge in [-0.1, -0.05) is 6.92 Å². The van der Waals surface area contributed by atoms with Gasteiger partial charge in [0.15, 0.2) is 5.69 Å². The molecule has 0 aromatic carbocycles. The molecule has 1 saturated carbocycles. The Labute approximate surface area is 166 Å². The molecule has 1 aliphatic carbocycles. The van der Waals surface area contributed by atoms with Crippen molar-refractivity contribution in [2.24, 2.45) is 5.92 Å². The fraction of sp³-hybridized carbons (Fsp3) is 0.421. The van der Waals surface area contributed by atoms with Gasteiger partial charge < -0.3 is 21.3 Å². The molecule has 2 aromatic heterocycles. The lowest BCUT2D eigenvalue weighted by Crippen LogP contribution is -2.49. The number of pyridine rings is 2. The van der Waals surface area contributed by atoms with Crippen molar-refractivity contribution in [1.82, 2.24) is 9.97 Å². The molecule has 0 saturated heterocycles. The lowest BCUT2D eigenvalue weighted by molar-refractivity contribution is -0.123. The molecule has 1 amide bonds. The number of aromatic nitrogens is 2. The number of nitrogens with one attached hydrogen (secondary N) is 1. The summed E-state index contributed by atoms with van der Waals surface area (Å²) in [6.07, 6.45) is 3.48. The summed E-state index contributed by atoms with van der Waals surface area (Å²) >= 11 is 3.24. The third-order valence-electron chi connectivity index (χ3n) is 5.47. The van der Waals surface area contributed by atoms with Crippen LogP contribution in [0, 0.1) is 5.92 Å². The Bertz CT molecular complexity index is 845. The molecular formula is C19H23BrN4O3. The fourth-order valence-corrected chi connectivity index (χ4v) is 3.84. The molecule has 5 N–H and O–H groups in total. The number of halogens is 1. The molecule has 144 valence electrons. The van der Waals surface area contributed by atoms with Crippen molar-refractivity contribution >= 4 is 33.2 Å².